The number of hydrogen-bond donors (Lipinski definition) is 0. The van der Waals surface area contributed by atoms with E-state index in [1.54, 1.807) is 13.8 Å². The van der Waals surface area contributed by atoms with Crippen LogP contribution < -0.4 is 4.90 Å². The molecule has 0 N–H and O–H groups in total. The SMILES string of the molecule is CCN(CC)c1cc(F)c(F)c(C(F)(F)F)c1F. The van der Waals surface area contributed by atoms with Crippen LogP contribution in [0.4, 0.5) is 32.0 Å². The molecule has 18 heavy (non-hydrogen) atoms. The van der Waals surface area contributed by atoms with Crippen LogP contribution in [0, 0.1) is 17.5 Å². The average molecular weight is 271 g/mol. The highest BCUT2D eigenvalue weighted by molar-refractivity contribution is 5.52. The molecule has 0 atom stereocenters. The lowest BCUT2D eigenvalue weighted by Gasteiger charge is -2.23. The van der Waals surface area contributed by atoms with Gasteiger partial charge in [-0.25, -0.2) is 13.2 Å². The van der Waals surface area contributed by atoms with Crippen molar-refractivity contribution in [1.82, 2.24) is 0 Å². The van der Waals surface area contributed by atoms with Crippen molar-refractivity contribution in [2.45, 2.75) is 20.0 Å². The van der Waals surface area contributed by atoms with Gasteiger partial charge < -0.3 is 4.90 Å². The fourth-order valence-corrected chi connectivity index (χ4v) is 1.63. The molecule has 0 spiro atoms. The van der Waals surface area contributed by atoms with Gasteiger partial charge in [0, 0.05) is 19.2 Å². The third-order valence-electron chi connectivity index (χ3n) is 2.52. The summed E-state index contributed by atoms with van der Waals surface area (Å²) in [4.78, 5) is 1.17. The lowest BCUT2D eigenvalue weighted by atomic mass is 10.1. The van der Waals surface area contributed by atoms with E-state index in [0.29, 0.717) is 6.07 Å². The molecule has 102 valence electrons. The molecule has 0 amide bonds. The summed E-state index contributed by atoms with van der Waals surface area (Å²) in [5, 5.41) is 0. The monoisotopic (exact) mass is 271 g/mol. The number of nitrogens with zero attached hydrogens (tertiary/aromatic N) is 1. The van der Waals surface area contributed by atoms with Gasteiger partial charge in [0.2, 0.25) is 0 Å². The Kier molecular flexibility index (Phi) is 4.13. The first-order valence-corrected chi connectivity index (χ1v) is 5.23. The molecule has 1 aromatic rings. The predicted molar refractivity (Wildman–Crippen MR) is 54.9 cm³/mol. The van der Waals surface area contributed by atoms with E-state index in [9.17, 15) is 26.3 Å². The van der Waals surface area contributed by atoms with Gasteiger partial charge in [0.15, 0.2) is 17.5 Å². The molecule has 0 aromatic heterocycles. The molecule has 0 aliphatic rings. The molecule has 1 aromatic carbocycles. The van der Waals surface area contributed by atoms with Crippen LogP contribution in [0.3, 0.4) is 0 Å². The standard InChI is InChI=1S/C11H11F6N/c1-3-18(4-2)7-5-6(12)9(13)8(10(7)14)11(15,16)17/h5H,3-4H2,1-2H3. The predicted octanol–water partition coefficient (Wildman–Crippen LogP) is 3.97. The van der Waals surface area contributed by atoms with Crippen molar-refractivity contribution in [3.63, 3.8) is 0 Å². The van der Waals surface area contributed by atoms with Crippen LogP contribution >= 0.6 is 0 Å². The van der Waals surface area contributed by atoms with Crippen molar-refractivity contribution in [3.8, 4) is 0 Å². The highest BCUT2D eigenvalue weighted by Gasteiger charge is 2.40. The van der Waals surface area contributed by atoms with Gasteiger partial charge in [0.05, 0.1) is 5.69 Å². The summed E-state index contributed by atoms with van der Waals surface area (Å²) >= 11 is 0. The minimum absolute atomic E-state index is 0.176. The third kappa shape index (κ3) is 2.54. The highest BCUT2D eigenvalue weighted by atomic mass is 19.4. The molecule has 0 fully saturated rings. The second-order valence-electron chi connectivity index (χ2n) is 3.55. The zero-order valence-corrected chi connectivity index (χ0v) is 9.71. The minimum atomic E-state index is -5.28. The second kappa shape index (κ2) is 5.07. The van der Waals surface area contributed by atoms with Crippen molar-refractivity contribution >= 4 is 5.69 Å². The van der Waals surface area contributed by atoms with Crippen molar-refractivity contribution in [2.24, 2.45) is 0 Å². The molecule has 7 heteroatoms. The van der Waals surface area contributed by atoms with Gasteiger partial charge in [-0.1, -0.05) is 0 Å². The Morgan fingerprint density at radius 3 is 1.89 bits per heavy atom. The molecule has 0 heterocycles. The maximum Gasteiger partial charge on any atom is 0.422 e. The Hall–Kier alpha value is -1.40. The van der Waals surface area contributed by atoms with E-state index in [4.69, 9.17) is 0 Å². The summed E-state index contributed by atoms with van der Waals surface area (Å²) < 4.78 is 77.3. The molecular formula is C11H11F6N. The summed E-state index contributed by atoms with van der Waals surface area (Å²) in [5.41, 5.74) is -2.78. The van der Waals surface area contributed by atoms with Crippen LogP contribution in [0.15, 0.2) is 6.07 Å². The smallest absolute Gasteiger partial charge is 0.370 e. The summed E-state index contributed by atoms with van der Waals surface area (Å²) in [7, 11) is 0. The van der Waals surface area contributed by atoms with Crippen LogP contribution in [0.25, 0.3) is 0 Å². The van der Waals surface area contributed by atoms with Crippen molar-refractivity contribution in [1.29, 1.82) is 0 Å². The van der Waals surface area contributed by atoms with Gasteiger partial charge in [-0.05, 0) is 13.8 Å². The normalized spacial score (nSPS) is 11.8. The van der Waals surface area contributed by atoms with Crippen LogP contribution in [0.1, 0.15) is 19.4 Å². The largest absolute Gasteiger partial charge is 0.422 e. The average Bonchev–Trinajstić information content (AvgIpc) is 2.25. The molecule has 0 radical (unpaired) electrons. The lowest BCUT2D eigenvalue weighted by molar-refractivity contribution is -0.142. The van der Waals surface area contributed by atoms with Gasteiger partial charge in [-0.2, -0.15) is 13.2 Å². The Morgan fingerprint density at radius 2 is 1.50 bits per heavy atom. The molecule has 1 rings (SSSR count). The Labute approximate surface area is 100 Å². The topological polar surface area (TPSA) is 3.24 Å². The summed E-state index contributed by atoms with van der Waals surface area (Å²) in [6, 6.07) is 0.437. The molecule has 0 bridgehead atoms. The Bertz CT molecular complexity index is 436. The van der Waals surface area contributed by atoms with Crippen LogP contribution in [-0.2, 0) is 6.18 Å². The fraction of sp³-hybridized carbons (Fsp3) is 0.455. The molecule has 0 saturated heterocycles. The van der Waals surface area contributed by atoms with Crippen molar-refractivity contribution in [2.75, 3.05) is 18.0 Å². The first kappa shape index (κ1) is 14.7. The van der Waals surface area contributed by atoms with Crippen molar-refractivity contribution in [3.05, 3.63) is 29.1 Å². The lowest BCUT2D eigenvalue weighted by Crippen LogP contribution is -2.25. The molecule has 0 unspecified atom stereocenters. The number of rotatable bonds is 3. The van der Waals surface area contributed by atoms with E-state index in [1.165, 1.54) is 4.90 Å². The van der Waals surface area contributed by atoms with Gasteiger partial charge in [0.25, 0.3) is 0 Å². The third-order valence-corrected chi connectivity index (χ3v) is 2.52. The molecule has 0 aliphatic heterocycles. The highest BCUT2D eigenvalue weighted by Crippen LogP contribution is 2.38. The van der Waals surface area contributed by atoms with Crippen LogP contribution in [0.5, 0.6) is 0 Å². The fourth-order valence-electron chi connectivity index (χ4n) is 1.63. The van der Waals surface area contributed by atoms with E-state index in [2.05, 4.69) is 0 Å². The molecular weight excluding hydrogens is 260 g/mol. The zero-order valence-electron chi connectivity index (χ0n) is 9.71. The summed E-state index contributed by atoms with van der Waals surface area (Å²) in [5.74, 6) is -5.72. The number of benzene rings is 1. The maximum atomic E-state index is 13.7. The summed E-state index contributed by atoms with van der Waals surface area (Å²) in [6.45, 7) is 3.49. The van der Waals surface area contributed by atoms with Crippen LogP contribution in [-0.4, -0.2) is 13.1 Å². The quantitative estimate of drug-likeness (QED) is 0.594. The maximum absolute atomic E-state index is 13.7. The van der Waals surface area contributed by atoms with E-state index < -0.39 is 34.9 Å². The van der Waals surface area contributed by atoms with E-state index >= 15 is 0 Å². The number of hydrogen-bond acceptors (Lipinski definition) is 1. The van der Waals surface area contributed by atoms with Gasteiger partial charge >= 0.3 is 6.18 Å². The Balaban J connectivity index is 3.54. The number of anilines is 1. The zero-order chi connectivity index (χ0) is 14.1. The number of alkyl halides is 3. The first-order chi connectivity index (χ1) is 8.23. The second-order valence-corrected chi connectivity index (χ2v) is 3.55. The van der Waals surface area contributed by atoms with Crippen molar-refractivity contribution < 1.29 is 26.3 Å². The van der Waals surface area contributed by atoms with E-state index in [1.807, 2.05) is 0 Å². The molecule has 1 nitrogen and oxygen atoms in total. The van der Waals surface area contributed by atoms with Gasteiger partial charge in [-0.15, -0.1) is 0 Å². The first-order valence-electron chi connectivity index (χ1n) is 5.23. The Morgan fingerprint density at radius 1 is 1.00 bits per heavy atom. The van der Waals surface area contributed by atoms with E-state index in [0.717, 1.165) is 0 Å². The van der Waals surface area contributed by atoms with Crippen LogP contribution in [0.2, 0.25) is 0 Å². The summed E-state index contributed by atoms with van der Waals surface area (Å²) in [6.07, 6.45) is -5.28. The number of halogens is 6. The van der Waals surface area contributed by atoms with Gasteiger partial charge in [-0.3, -0.25) is 0 Å². The molecule has 0 saturated carbocycles. The van der Waals surface area contributed by atoms with Gasteiger partial charge in [0.1, 0.15) is 5.56 Å². The van der Waals surface area contributed by atoms with E-state index in [-0.39, 0.29) is 13.1 Å². The minimum Gasteiger partial charge on any atom is -0.370 e. The molecule has 0 aliphatic carbocycles.